The fraction of sp³-hybridized carbons (Fsp3) is 0.579. The number of carbonyl (C=O) groups excluding carboxylic acids is 2. The number of rotatable bonds is 6. The lowest BCUT2D eigenvalue weighted by atomic mass is 9.91. The Balaban J connectivity index is 1.58. The molecule has 1 aliphatic heterocycles. The van der Waals surface area contributed by atoms with Crippen molar-refractivity contribution in [3.63, 3.8) is 0 Å². The summed E-state index contributed by atoms with van der Waals surface area (Å²) in [5.74, 6) is 0.0867. The lowest BCUT2D eigenvalue weighted by molar-refractivity contribution is -0.136. The molecule has 1 aromatic carbocycles. The van der Waals surface area contributed by atoms with Gasteiger partial charge in [-0.25, -0.2) is 0 Å². The minimum Gasteiger partial charge on any atom is -0.333 e. The summed E-state index contributed by atoms with van der Waals surface area (Å²) < 4.78 is 0. The van der Waals surface area contributed by atoms with Gasteiger partial charge in [-0.3, -0.25) is 9.59 Å². The molecule has 1 atom stereocenters. The van der Waals surface area contributed by atoms with Crippen LogP contribution in [-0.2, 0) is 9.59 Å². The molecule has 1 aromatic rings. The highest BCUT2D eigenvalue weighted by atomic mass is 35.5. The molecule has 6 heteroatoms. The predicted molar refractivity (Wildman–Crippen MR) is 99.6 cm³/mol. The first kappa shape index (κ1) is 18.2. The minimum absolute atomic E-state index is 0.101. The van der Waals surface area contributed by atoms with Gasteiger partial charge in [-0.2, -0.15) is 0 Å². The minimum atomic E-state index is -0.163. The van der Waals surface area contributed by atoms with Gasteiger partial charge in [0.25, 0.3) is 0 Å². The third-order valence-electron chi connectivity index (χ3n) is 5.35. The van der Waals surface area contributed by atoms with Gasteiger partial charge in [-0.15, -0.1) is 0 Å². The van der Waals surface area contributed by atoms with Gasteiger partial charge in [-0.1, -0.05) is 18.5 Å². The van der Waals surface area contributed by atoms with Crippen LogP contribution < -0.4 is 10.6 Å². The van der Waals surface area contributed by atoms with Crippen LogP contribution in [0.25, 0.3) is 0 Å². The predicted octanol–water partition coefficient (Wildman–Crippen LogP) is 2.91. The zero-order valence-electron chi connectivity index (χ0n) is 14.7. The van der Waals surface area contributed by atoms with Gasteiger partial charge in [0.15, 0.2) is 0 Å². The van der Waals surface area contributed by atoms with E-state index in [4.69, 9.17) is 11.6 Å². The fourth-order valence-corrected chi connectivity index (χ4v) is 3.96. The number of piperidine rings is 1. The zero-order valence-corrected chi connectivity index (χ0v) is 15.4. The lowest BCUT2D eigenvalue weighted by Crippen LogP contribution is -2.41. The molecule has 0 radical (unpaired) electrons. The number of hydrogen-bond acceptors (Lipinski definition) is 3. The maximum absolute atomic E-state index is 12.9. The Labute approximate surface area is 154 Å². The van der Waals surface area contributed by atoms with E-state index in [9.17, 15) is 9.59 Å². The van der Waals surface area contributed by atoms with E-state index in [1.54, 1.807) is 29.2 Å². The standard InChI is InChI=1S/C19H26ClN3O2/c1-2-11-23(13-17(24)22-15-5-3-14(20)4-6-15)18(25)16-12-19(16)7-9-21-10-8-19/h3-6,16,21H,2,7-13H2,1H3,(H,22,24). The molecule has 1 aliphatic carbocycles. The molecule has 3 rings (SSSR count). The van der Waals surface area contributed by atoms with Crippen molar-refractivity contribution in [3.05, 3.63) is 29.3 Å². The number of amides is 2. The Bertz CT molecular complexity index is 626. The Morgan fingerprint density at radius 2 is 1.96 bits per heavy atom. The molecule has 2 amide bonds. The molecular formula is C19H26ClN3O2. The average Bonchev–Trinajstić information content (AvgIpc) is 3.29. The molecule has 1 saturated carbocycles. The Morgan fingerprint density at radius 1 is 1.28 bits per heavy atom. The van der Waals surface area contributed by atoms with Crippen LogP contribution in [0.3, 0.4) is 0 Å². The zero-order chi connectivity index (χ0) is 17.9. The second-order valence-corrected chi connectivity index (χ2v) is 7.62. The van der Waals surface area contributed by atoms with E-state index < -0.39 is 0 Å². The van der Waals surface area contributed by atoms with Crippen LogP contribution in [0.15, 0.2) is 24.3 Å². The second kappa shape index (κ2) is 7.75. The van der Waals surface area contributed by atoms with Crippen molar-refractivity contribution in [2.24, 2.45) is 11.3 Å². The Kier molecular flexibility index (Phi) is 5.64. The van der Waals surface area contributed by atoms with Gasteiger partial charge < -0.3 is 15.5 Å². The van der Waals surface area contributed by atoms with Crippen molar-refractivity contribution in [1.29, 1.82) is 0 Å². The van der Waals surface area contributed by atoms with Crippen LogP contribution in [0.4, 0.5) is 5.69 Å². The van der Waals surface area contributed by atoms with Crippen molar-refractivity contribution in [1.82, 2.24) is 10.2 Å². The highest BCUT2D eigenvalue weighted by Crippen LogP contribution is 2.59. The lowest BCUT2D eigenvalue weighted by Gasteiger charge is -2.26. The summed E-state index contributed by atoms with van der Waals surface area (Å²) in [6, 6.07) is 6.99. The number of anilines is 1. The first-order valence-electron chi connectivity index (χ1n) is 9.09. The van der Waals surface area contributed by atoms with Crippen molar-refractivity contribution < 1.29 is 9.59 Å². The van der Waals surface area contributed by atoms with Gasteiger partial charge in [0.1, 0.15) is 0 Å². The highest BCUT2D eigenvalue weighted by Gasteiger charge is 2.58. The number of benzene rings is 1. The molecule has 0 bridgehead atoms. The third kappa shape index (κ3) is 4.33. The maximum atomic E-state index is 12.9. The molecular weight excluding hydrogens is 338 g/mol. The molecule has 136 valence electrons. The van der Waals surface area contributed by atoms with Crippen LogP contribution >= 0.6 is 11.6 Å². The van der Waals surface area contributed by atoms with Crippen LogP contribution in [0.5, 0.6) is 0 Å². The maximum Gasteiger partial charge on any atom is 0.243 e. The summed E-state index contributed by atoms with van der Waals surface area (Å²) in [6.45, 7) is 4.76. The summed E-state index contributed by atoms with van der Waals surface area (Å²) in [6.07, 6.45) is 3.97. The van der Waals surface area contributed by atoms with E-state index in [1.165, 1.54) is 0 Å². The van der Waals surface area contributed by atoms with E-state index in [0.717, 1.165) is 38.8 Å². The van der Waals surface area contributed by atoms with Crippen LogP contribution in [0.2, 0.25) is 5.02 Å². The summed E-state index contributed by atoms with van der Waals surface area (Å²) in [7, 11) is 0. The molecule has 1 unspecified atom stereocenters. The molecule has 2 aliphatic rings. The topological polar surface area (TPSA) is 61.4 Å². The monoisotopic (exact) mass is 363 g/mol. The molecule has 0 aromatic heterocycles. The van der Waals surface area contributed by atoms with E-state index in [0.29, 0.717) is 17.3 Å². The van der Waals surface area contributed by atoms with Crippen LogP contribution in [-0.4, -0.2) is 42.9 Å². The molecule has 2 fully saturated rings. The van der Waals surface area contributed by atoms with Gasteiger partial charge in [0.05, 0.1) is 6.54 Å². The first-order valence-corrected chi connectivity index (χ1v) is 9.47. The number of nitrogens with one attached hydrogen (secondary N) is 2. The molecule has 25 heavy (non-hydrogen) atoms. The van der Waals surface area contributed by atoms with Crippen molar-refractivity contribution in [2.45, 2.75) is 32.6 Å². The SMILES string of the molecule is CCCN(CC(=O)Nc1ccc(Cl)cc1)C(=O)C1CC12CCNCC2. The number of halogens is 1. The second-order valence-electron chi connectivity index (χ2n) is 7.18. The Morgan fingerprint density at radius 3 is 2.60 bits per heavy atom. The van der Waals surface area contributed by atoms with Gasteiger partial charge in [0, 0.05) is 23.2 Å². The Hall–Kier alpha value is -1.59. The molecule has 5 nitrogen and oxygen atoms in total. The molecule has 1 saturated heterocycles. The van der Waals surface area contributed by atoms with E-state index in [-0.39, 0.29) is 29.7 Å². The largest absolute Gasteiger partial charge is 0.333 e. The first-order chi connectivity index (χ1) is 12.0. The van der Waals surface area contributed by atoms with Gasteiger partial charge in [-0.05, 0) is 68.5 Å². The number of carbonyl (C=O) groups is 2. The van der Waals surface area contributed by atoms with Crippen LogP contribution in [0, 0.1) is 11.3 Å². The van der Waals surface area contributed by atoms with Gasteiger partial charge >= 0.3 is 0 Å². The van der Waals surface area contributed by atoms with Crippen molar-refractivity contribution >= 4 is 29.1 Å². The van der Waals surface area contributed by atoms with Gasteiger partial charge in [0.2, 0.25) is 11.8 Å². The molecule has 1 spiro atoms. The van der Waals surface area contributed by atoms with E-state index in [1.807, 2.05) is 6.92 Å². The summed E-state index contributed by atoms with van der Waals surface area (Å²) in [5.41, 5.74) is 0.889. The number of hydrogen-bond donors (Lipinski definition) is 2. The average molecular weight is 364 g/mol. The normalized spacial score (nSPS) is 21.0. The number of nitrogens with zero attached hydrogens (tertiary/aromatic N) is 1. The van der Waals surface area contributed by atoms with Crippen molar-refractivity contribution in [3.8, 4) is 0 Å². The summed E-state index contributed by atoms with van der Waals surface area (Å²) in [4.78, 5) is 27.0. The fourth-order valence-electron chi connectivity index (χ4n) is 3.84. The van der Waals surface area contributed by atoms with E-state index in [2.05, 4.69) is 10.6 Å². The van der Waals surface area contributed by atoms with Crippen molar-refractivity contribution in [2.75, 3.05) is 31.5 Å². The smallest absolute Gasteiger partial charge is 0.243 e. The quantitative estimate of drug-likeness (QED) is 0.816. The summed E-state index contributed by atoms with van der Waals surface area (Å²) in [5, 5.41) is 6.83. The van der Waals surface area contributed by atoms with Crippen LogP contribution in [0.1, 0.15) is 32.6 Å². The molecule has 2 N–H and O–H groups in total. The van der Waals surface area contributed by atoms with E-state index >= 15 is 0 Å². The molecule has 1 heterocycles. The summed E-state index contributed by atoms with van der Waals surface area (Å²) >= 11 is 5.86. The highest BCUT2D eigenvalue weighted by molar-refractivity contribution is 6.30. The third-order valence-corrected chi connectivity index (χ3v) is 5.61.